The van der Waals surface area contributed by atoms with Crippen LogP contribution in [0.25, 0.3) is 0 Å². The van der Waals surface area contributed by atoms with E-state index in [9.17, 15) is 4.79 Å². The quantitative estimate of drug-likeness (QED) is 0.800. The monoisotopic (exact) mass is 252 g/mol. The van der Waals surface area contributed by atoms with Gasteiger partial charge in [-0.1, -0.05) is 0 Å². The summed E-state index contributed by atoms with van der Waals surface area (Å²) in [7, 11) is 0. The lowest BCUT2D eigenvalue weighted by Crippen LogP contribution is -2.28. The second-order valence-electron chi connectivity index (χ2n) is 2.36. The summed E-state index contributed by atoms with van der Waals surface area (Å²) >= 11 is 3.04. The van der Waals surface area contributed by atoms with Crippen LogP contribution in [0.3, 0.4) is 0 Å². The van der Waals surface area contributed by atoms with Crippen LogP contribution in [-0.4, -0.2) is 25.3 Å². The number of rotatable bonds is 4. The maximum atomic E-state index is 11.5. The summed E-state index contributed by atoms with van der Waals surface area (Å²) in [5.41, 5.74) is 5.28. The van der Waals surface area contributed by atoms with Crippen molar-refractivity contribution in [3.05, 3.63) is 16.3 Å². The van der Waals surface area contributed by atoms with Crippen LogP contribution in [-0.2, 0) is 0 Å². The average Bonchev–Trinajstić information content (AvgIpc) is 2.61. The first-order valence-electron chi connectivity index (χ1n) is 3.89. The van der Waals surface area contributed by atoms with Gasteiger partial charge in [0, 0.05) is 18.0 Å². The van der Waals surface area contributed by atoms with Crippen LogP contribution in [0.15, 0.2) is 16.3 Å². The van der Waals surface area contributed by atoms with Gasteiger partial charge in [0.25, 0.3) is 5.91 Å². The van der Waals surface area contributed by atoms with Crippen molar-refractivity contribution in [3.63, 3.8) is 0 Å². The molecule has 6 heteroatoms. The fourth-order valence-corrected chi connectivity index (χ4v) is 2.56. The Morgan fingerprint density at radius 3 is 3.00 bits per heavy atom. The van der Waals surface area contributed by atoms with E-state index in [1.54, 1.807) is 11.8 Å². The van der Waals surface area contributed by atoms with E-state index < -0.39 is 0 Å². The molecule has 0 bridgehead atoms. The Morgan fingerprint density at radius 1 is 1.71 bits per heavy atom. The van der Waals surface area contributed by atoms with E-state index in [0.717, 1.165) is 9.77 Å². The van der Waals surface area contributed by atoms with Crippen LogP contribution >= 0.6 is 35.5 Å². The summed E-state index contributed by atoms with van der Waals surface area (Å²) in [6.07, 6.45) is 1.96. The fraction of sp³-hybridized carbons (Fsp3) is 0.375. The molecule has 1 rings (SSSR count). The first kappa shape index (κ1) is 13.8. The molecule has 1 aromatic heterocycles. The lowest BCUT2D eigenvalue weighted by molar-refractivity contribution is 0.0956. The Hall–Kier alpha value is -0.230. The zero-order valence-corrected chi connectivity index (χ0v) is 10.2. The number of carbonyl (C=O) groups is 1. The van der Waals surface area contributed by atoms with Gasteiger partial charge in [-0.2, -0.15) is 0 Å². The van der Waals surface area contributed by atoms with Crippen molar-refractivity contribution in [3.8, 4) is 0 Å². The molecule has 1 aromatic rings. The van der Waals surface area contributed by atoms with Crippen LogP contribution in [0, 0.1) is 0 Å². The van der Waals surface area contributed by atoms with Crippen LogP contribution < -0.4 is 11.1 Å². The Kier molecular flexibility index (Phi) is 7.00. The minimum atomic E-state index is -0.0233. The molecule has 14 heavy (non-hydrogen) atoms. The summed E-state index contributed by atoms with van der Waals surface area (Å²) in [4.78, 5) is 13.3. The van der Waals surface area contributed by atoms with E-state index in [1.165, 1.54) is 11.3 Å². The van der Waals surface area contributed by atoms with Gasteiger partial charge in [0.1, 0.15) is 4.88 Å². The van der Waals surface area contributed by atoms with Gasteiger partial charge in [-0.15, -0.1) is 35.5 Å². The Bertz CT molecular complexity index is 291. The van der Waals surface area contributed by atoms with Gasteiger partial charge >= 0.3 is 0 Å². The van der Waals surface area contributed by atoms with Gasteiger partial charge < -0.3 is 11.1 Å². The SMILES string of the molecule is CSc1ccsc1C(=O)NCCN.Cl. The molecular formula is C8H13ClN2OS2. The van der Waals surface area contributed by atoms with Gasteiger partial charge in [-0.25, -0.2) is 0 Å². The molecule has 0 aliphatic heterocycles. The van der Waals surface area contributed by atoms with Crippen LogP contribution in [0.2, 0.25) is 0 Å². The lowest BCUT2D eigenvalue weighted by atomic mass is 10.4. The van der Waals surface area contributed by atoms with E-state index in [2.05, 4.69) is 5.32 Å². The highest BCUT2D eigenvalue weighted by Crippen LogP contribution is 2.25. The van der Waals surface area contributed by atoms with Gasteiger partial charge in [0.2, 0.25) is 0 Å². The highest BCUT2D eigenvalue weighted by molar-refractivity contribution is 7.98. The van der Waals surface area contributed by atoms with Gasteiger partial charge in [-0.3, -0.25) is 4.79 Å². The normalized spacial score (nSPS) is 9.29. The standard InChI is InChI=1S/C8H12N2OS2.ClH/c1-12-6-2-5-13-7(6)8(11)10-4-3-9;/h2,5H,3-4,9H2,1H3,(H,10,11);1H. The molecule has 0 unspecified atom stereocenters. The first-order chi connectivity index (χ1) is 6.29. The number of nitrogens with one attached hydrogen (secondary N) is 1. The highest BCUT2D eigenvalue weighted by Gasteiger charge is 2.10. The zero-order chi connectivity index (χ0) is 9.68. The third-order valence-electron chi connectivity index (χ3n) is 1.49. The predicted molar refractivity (Wildman–Crippen MR) is 64.7 cm³/mol. The third kappa shape index (κ3) is 3.49. The first-order valence-corrected chi connectivity index (χ1v) is 5.99. The zero-order valence-electron chi connectivity index (χ0n) is 7.78. The van der Waals surface area contributed by atoms with Crippen molar-refractivity contribution in [2.24, 2.45) is 5.73 Å². The minimum absolute atomic E-state index is 0. The van der Waals surface area contributed by atoms with Crippen molar-refractivity contribution in [1.29, 1.82) is 0 Å². The molecule has 0 aliphatic rings. The number of amides is 1. The molecule has 0 atom stereocenters. The Balaban J connectivity index is 0.00000169. The predicted octanol–water partition coefficient (Wildman–Crippen LogP) is 1.58. The largest absolute Gasteiger partial charge is 0.350 e. The second-order valence-corrected chi connectivity index (χ2v) is 4.13. The average molecular weight is 253 g/mol. The molecule has 0 saturated heterocycles. The number of hydrogen-bond acceptors (Lipinski definition) is 4. The lowest BCUT2D eigenvalue weighted by Gasteiger charge is -2.02. The maximum Gasteiger partial charge on any atom is 0.262 e. The van der Waals surface area contributed by atoms with E-state index in [4.69, 9.17) is 5.73 Å². The number of hydrogen-bond donors (Lipinski definition) is 2. The van der Waals surface area contributed by atoms with Crippen molar-refractivity contribution in [1.82, 2.24) is 5.32 Å². The number of carbonyl (C=O) groups excluding carboxylic acids is 1. The molecule has 0 aromatic carbocycles. The third-order valence-corrected chi connectivity index (χ3v) is 3.31. The number of thioether (sulfide) groups is 1. The highest BCUT2D eigenvalue weighted by atomic mass is 35.5. The van der Waals surface area contributed by atoms with Crippen molar-refractivity contribution in [2.45, 2.75) is 4.90 Å². The van der Waals surface area contributed by atoms with Crippen molar-refractivity contribution >= 4 is 41.4 Å². The maximum absolute atomic E-state index is 11.5. The van der Waals surface area contributed by atoms with Gasteiger partial charge in [-0.05, 0) is 17.7 Å². The van der Waals surface area contributed by atoms with E-state index in [-0.39, 0.29) is 18.3 Å². The van der Waals surface area contributed by atoms with Gasteiger partial charge in [0.15, 0.2) is 0 Å². The van der Waals surface area contributed by atoms with Crippen LogP contribution in [0.5, 0.6) is 0 Å². The van der Waals surface area contributed by atoms with Crippen molar-refractivity contribution < 1.29 is 4.79 Å². The minimum Gasteiger partial charge on any atom is -0.350 e. The van der Waals surface area contributed by atoms with Crippen LogP contribution in [0.1, 0.15) is 9.67 Å². The summed E-state index contributed by atoms with van der Waals surface area (Å²) in [5, 5.41) is 4.66. The molecule has 0 radical (unpaired) electrons. The summed E-state index contributed by atoms with van der Waals surface area (Å²) in [6.45, 7) is 1.01. The molecule has 0 saturated carbocycles. The number of nitrogens with two attached hydrogens (primary N) is 1. The molecular weight excluding hydrogens is 240 g/mol. The second kappa shape index (κ2) is 7.11. The Labute approximate surface area is 97.9 Å². The molecule has 3 nitrogen and oxygen atoms in total. The number of thiophene rings is 1. The van der Waals surface area contributed by atoms with E-state index in [1.807, 2.05) is 17.7 Å². The summed E-state index contributed by atoms with van der Waals surface area (Å²) in [6, 6.07) is 1.95. The molecule has 0 fully saturated rings. The van der Waals surface area contributed by atoms with E-state index >= 15 is 0 Å². The van der Waals surface area contributed by atoms with Crippen molar-refractivity contribution in [2.75, 3.05) is 19.3 Å². The van der Waals surface area contributed by atoms with Crippen LogP contribution in [0.4, 0.5) is 0 Å². The molecule has 1 heterocycles. The molecule has 0 spiro atoms. The summed E-state index contributed by atoms with van der Waals surface area (Å²) in [5.74, 6) is -0.0233. The summed E-state index contributed by atoms with van der Waals surface area (Å²) < 4.78 is 0. The van der Waals surface area contributed by atoms with Gasteiger partial charge in [0.05, 0.1) is 0 Å². The molecule has 0 aliphatic carbocycles. The fourth-order valence-electron chi connectivity index (χ4n) is 0.890. The van der Waals surface area contributed by atoms with E-state index in [0.29, 0.717) is 13.1 Å². The molecule has 80 valence electrons. The molecule has 3 N–H and O–H groups in total. The molecule has 1 amide bonds. The topological polar surface area (TPSA) is 55.1 Å². The Morgan fingerprint density at radius 2 is 2.43 bits per heavy atom. The number of halogens is 1. The smallest absolute Gasteiger partial charge is 0.262 e.